The van der Waals surface area contributed by atoms with Crippen LogP contribution >= 0.6 is 0 Å². The minimum atomic E-state index is 0.266. The van der Waals surface area contributed by atoms with Crippen molar-refractivity contribution in [3.63, 3.8) is 0 Å². The summed E-state index contributed by atoms with van der Waals surface area (Å²) >= 11 is 0. The van der Waals surface area contributed by atoms with Crippen LogP contribution in [0.3, 0.4) is 0 Å². The largest absolute Gasteiger partial charge is 0.411 e. The van der Waals surface area contributed by atoms with Gasteiger partial charge in [-0.25, -0.2) is 10.4 Å². The Bertz CT molecular complexity index is 289. The Morgan fingerprint density at radius 2 is 2.12 bits per heavy atom. The zero-order chi connectivity index (χ0) is 11.0. The average molecular weight is 225 g/mol. The SMILES string of the molecule is O/N=C1\[C@H]2CC[C@H](C2)[C@@H]1NN1CCOCC1. The Hall–Kier alpha value is -0.650. The highest BCUT2D eigenvalue weighted by Crippen LogP contribution is 2.42. The average Bonchev–Trinajstić information content (AvgIpc) is 2.91. The first kappa shape index (κ1) is 10.5. The van der Waals surface area contributed by atoms with Gasteiger partial charge in [-0.05, 0) is 25.2 Å². The number of oxime groups is 1. The van der Waals surface area contributed by atoms with Gasteiger partial charge in [0.15, 0.2) is 0 Å². The Labute approximate surface area is 95.4 Å². The molecule has 0 radical (unpaired) electrons. The van der Waals surface area contributed by atoms with E-state index in [4.69, 9.17) is 9.94 Å². The molecule has 3 atom stereocenters. The molecule has 5 nitrogen and oxygen atoms in total. The molecule has 16 heavy (non-hydrogen) atoms. The Balaban J connectivity index is 1.65. The Morgan fingerprint density at radius 3 is 2.88 bits per heavy atom. The molecule has 2 aliphatic carbocycles. The lowest BCUT2D eigenvalue weighted by Gasteiger charge is -2.33. The molecule has 0 spiro atoms. The minimum Gasteiger partial charge on any atom is -0.411 e. The fourth-order valence-electron chi connectivity index (χ4n) is 3.29. The van der Waals surface area contributed by atoms with Crippen LogP contribution < -0.4 is 5.43 Å². The molecule has 1 saturated heterocycles. The molecule has 2 N–H and O–H groups in total. The van der Waals surface area contributed by atoms with E-state index in [1.807, 2.05) is 0 Å². The number of ether oxygens (including phenoxy) is 1. The molecule has 2 bridgehead atoms. The van der Waals surface area contributed by atoms with E-state index in [0.29, 0.717) is 11.8 Å². The van der Waals surface area contributed by atoms with Crippen molar-refractivity contribution in [3.8, 4) is 0 Å². The van der Waals surface area contributed by atoms with Crippen molar-refractivity contribution in [2.24, 2.45) is 17.0 Å². The molecule has 3 rings (SSSR count). The molecule has 0 aromatic heterocycles. The minimum absolute atomic E-state index is 0.266. The molecule has 0 aromatic carbocycles. The topological polar surface area (TPSA) is 57.1 Å². The third kappa shape index (κ3) is 1.73. The van der Waals surface area contributed by atoms with E-state index in [-0.39, 0.29) is 6.04 Å². The van der Waals surface area contributed by atoms with Gasteiger partial charge in [-0.1, -0.05) is 5.16 Å². The number of fused-ring (bicyclic) bond motifs is 2. The van der Waals surface area contributed by atoms with Crippen LogP contribution in [0.2, 0.25) is 0 Å². The van der Waals surface area contributed by atoms with Crippen molar-refractivity contribution in [3.05, 3.63) is 0 Å². The van der Waals surface area contributed by atoms with Gasteiger partial charge in [-0.2, -0.15) is 0 Å². The molecule has 5 heteroatoms. The van der Waals surface area contributed by atoms with Gasteiger partial charge in [-0.3, -0.25) is 0 Å². The maximum absolute atomic E-state index is 9.09. The lowest BCUT2D eigenvalue weighted by Crippen LogP contribution is -2.54. The van der Waals surface area contributed by atoms with Crippen LogP contribution in [0.25, 0.3) is 0 Å². The zero-order valence-corrected chi connectivity index (χ0v) is 9.43. The first-order valence-electron chi connectivity index (χ1n) is 6.19. The fourth-order valence-corrected chi connectivity index (χ4v) is 3.29. The summed E-state index contributed by atoms with van der Waals surface area (Å²) in [6.45, 7) is 3.43. The van der Waals surface area contributed by atoms with E-state index in [0.717, 1.165) is 32.0 Å². The second-order valence-electron chi connectivity index (χ2n) is 5.00. The molecule has 0 unspecified atom stereocenters. The van der Waals surface area contributed by atoms with Crippen LogP contribution in [0.15, 0.2) is 5.16 Å². The summed E-state index contributed by atoms with van der Waals surface area (Å²) in [7, 11) is 0. The number of rotatable bonds is 2. The number of hydrazine groups is 1. The van der Waals surface area contributed by atoms with Gasteiger partial charge < -0.3 is 9.94 Å². The normalized spacial score (nSPS) is 42.0. The van der Waals surface area contributed by atoms with Gasteiger partial charge in [0, 0.05) is 19.0 Å². The van der Waals surface area contributed by atoms with Crippen LogP contribution in [-0.2, 0) is 4.74 Å². The Morgan fingerprint density at radius 1 is 1.31 bits per heavy atom. The van der Waals surface area contributed by atoms with Crippen LogP contribution in [0, 0.1) is 11.8 Å². The molecule has 90 valence electrons. The fraction of sp³-hybridized carbons (Fsp3) is 0.909. The van der Waals surface area contributed by atoms with E-state index >= 15 is 0 Å². The number of nitrogens with zero attached hydrogens (tertiary/aromatic N) is 2. The summed E-state index contributed by atoms with van der Waals surface area (Å²) in [5.74, 6) is 1.19. The molecule has 3 aliphatic rings. The predicted octanol–water partition coefficient (Wildman–Crippen LogP) is 0.452. The van der Waals surface area contributed by atoms with Crippen molar-refractivity contribution in [2.45, 2.75) is 25.3 Å². The highest BCUT2D eigenvalue weighted by Gasteiger charge is 2.46. The molecule has 0 amide bonds. The van der Waals surface area contributed by atoms with E-state index < -0.39 is 0 Å². The third-order valence-electron chi connectivity index (χ3n) is 4.13. The van der Waals surface area contributed by atoms with Crippen molar-refractivity contribution in [1.82, 2.24) is 10.4 Å². The second kappa shape index (κ2) is 4.31. The predicted molar refractivity (Wildman–Crippen MR) is 59.4 cm³/mol. The highest BCUT2D eigenvalue weighted by molar-refractivity contribution is 5.94. The third-order valence-corrected chi connectivity index (χ3v) is 4.13. The highest BCUT2D eigenvalue weighted by atomic mass is 16.5. The second-order valence-corrected chi connectivity index (χ2v) is 5.00. The maximum Gasteiger partial charge on any atom is 0.0787 e. The van der Waals surface area contributed by atoms with Gasteiger partial charge in [0.25, 0.3) is 0 Å². The van der Waals surface area contributed by atoms with Gasteiger partial charge >= 0.3 is 0 Å². The van der Waals surface area contributed by atoms with E-state index in [2.05, 4.69) is 15.6 Å². The van der Waals surface area contributed by atoms with E-state index in [1.165, 1.54) is 19.3 Å². The molecular formula is C11H19N3O2. The van der Waals surface area contributed by atoms with Gasteiger partial charge in [0.1, 0.15) is 0 Å². The number of hydrogen-bond donors (Lipinski definition) is 2. The van der Waals surface area contributed by atoms with Gasteiger partial charge in [0.2, 0.25) is 0 Å². The lowest BCUT2D eigenvalue weighted by atomic mass is 9.94. The summed E-state index contributed by atoms with van der Waals surface area (Å²) in [6.07, 6.45) is 3.67. The monoisotopic (exact) mass is 225 g/mol. The summed E-state index contributed by atoms with van der Waals surface area (Å²) in [6, 6.07) is 0.266. The van der Waals surface area contributed by atoms with Crippen LogP contribution in [0.4, 0.5) is 0 Å². The molecule has 3 fully saturated rings. The number of nitrogens with one attached hydrogen (secondary N) is 1. The van der Waals surface area contributed by atoms with E-state index in [9.17, 15) is 0 Å². The maximum atomic E-state index is 9.09. The molecule has 2 saturated carbocycles. The summed E-state index contributed by atoms with van der Waals surface area (Å²) in [5, 5.41) is 14.8. The zero-order valence-electron chi connectivity index (χ0n) is 9.43. The smallest absolute Gasteiger partial charge is 0.0787 e. The summed E-state index contributed by atoms with van der Waals surface area (Å²) < 4.78 is 5.32. The summed E-state index contributed by atoms with van der Waals surface area (Å²) in [4.78, 5) is 0. The quantitative estimate of drug-likeness (QED) is 0.529. The molecular weight excluding hydrogens is 206 g/mol. The van der Waals surface area contributed by atoms with Crippen LogP contribution in [-0.4, -0.2) is 48.3 Å². The van der Waals surface area contributed by atoms with Gasteiger partial charge in [0.05, 0.1) is 25.0 Å². The molecule has 1 heterocycles. The van der Waals surface area contributed by atoms with Crippen molar-refractivity contribution < 1.29 is 9.94 Å². The summed E-state index contributed by atoms with van der Waals surface area (Å²) in [5.41, 5.74) is 4.49. The Kier molecular flexibility index (Phi) is 2.83. The van der Waals surface area contributed by atoms with Gasteiger partial charge in [-0.15, -0.1) is 0 Å². The van der Waals surface area contributed by atoms with Crippen molar-refractivity contribution in [2.75, 3.05) is 26.3 Å². The van der Waals surface area contributed by atoms with Crippen LogP contribution in [0.1, 0.15) is 19.3 Å². The van der Waals surface area contributed by atoms with Crippen LogP contribution in [0.5, 0.6) is 0 Å². The van der Waals surface area contributed by atoms with Crippen molar-refractivity contribution in [1.29, 1.82) is 0 Å². The molecule has 1 aliphatic heterocycles. The lowest BCUT2D eigenvalue weighted by molar-refractivity contribution is 0.00499. The van der Waals surface area contributed by atoms with E-state index in [1.54, 1.807) is 0 Å². The first-order valence-corrected chi connectivity index (χ1v) is 6.19. The molecule has 0 aromatic rings. The first-order chi connectivity index (χ1) is 7.88. The standard InChI is InChI=1S/C11H19N3O2/c15-13-11-9-2-1-8(7-9)10(11)12-14-3-5-16-6-4-14/h8-10,12,15H,1-7H2/b13-11+/t8-,9+,10+/m1/s1. The number of morpholine rings is 1. The van der Waals surface area contributed by atoms with Crippen molar-refractivity contribution >= 4 is 5.71 Å². The number of hydrogen-bond acceptors (Lipinski definition) is 5.